The average Bonchev–Trinajstić information content (AvgIpc) is 2.95. The van der Waals surface area contributed by atoms with Gasteiger partial charge < -0.3 is 19.9 Å². The highest BCUT2D eigenvalue weighted by molar-refractivity contribution is 5.65. The summed E-state index contributed by atoms with van der Waals surface area (Å²) in [6.07, 6.45) is 1.20. The highest BCUT2D eigenvalue weighted by atomic mass is 16.7. The van der Waals surface area contributed by atoms with E-state index in [1.165, 1.54) is 5.56 Å². The predicted octanol–water partition coefficient (Wildman–Crippen LogP) is 2.05. The second-order valence-corrected chi connectivity index (χ2v) is 6.37. The monoisotopic (exact) mass is 320 g/mol. The Morgan fingerprint density at radius 3 is 2.70 bits per heavy atom. The summed E-state index contributed by atoms with van der Waals surface area (Å²) in [7, 11) is 2.04. The van der Waals surface area contributed by atoms with E-state index in [4.69, 9.17) is 9.47 Å². The molecular weight excluding hydrogens is 296 g/mol. The maximum absolute atomic E-state index is 11.2. The van der Waals surface area contributed by atoms with E-state index in [0.29, 0.717) is 19.6 Å². The standard InChI is InChI=1S/C17H24N2O4/c1-19(12-13-5-3-2-4-6-13)15-7-8-17(22-9-10-23-17)11-14(15)18-16(20)21/h2-6,14-15,18H,7-12H2,1H3,(H,20,21)/t14-,15-/m1/s1. The van der Waals surface area contributed by atoms with Crippen molar-refractivity contribution in [3.63, 3.8) is 0 Å². The number of ether oxygens (including phenoxy) is 2. The molecular formula is C17H24N2O4. The normalized spacial score (nSPS) is 26.5. The summed E-state index contributed by atoms with van der Waals surface area (Å²) in [5.41, 5.74) is 1.22. The van der Waals surface area contributed by atoms with Crippen LogP contribution in [0.2, 0.25) is 0 Å². The molecule has 0 unspecified atom stereocenters. The van der Waals surface area contributed by atoms with E-state index in [9.17, 15) is 9.90 Å². The van der Waals surface area contributed by atoms with Gasteiger partial charge >= 0.3 is 6.09 Å². The molecule has 1 heterocycles. The molecule has 6 nitrogen and oxygen atoms in total. The van der Waals surface area contributed by atoms with Gasteiger partial charge in [-0.2, -0.15) is 0 Å². The molecule has 0 aromatic heterocycles. The molecule has 0 radical (unpaired) electrons. The van der Waals surface area contributed by atoms with Gasteiger partial charge in [-0.1, -0.05) is 30.3 Å². The smallest absolute Gasteiger partial charge is 0.404 e. The van der Waals surface area contributed by atoms with Crippen LogP contribution in [0.5, 0.6) is 0 Å². The van der Waals surface area contributed by atoms with Gasteiger partial charge in [-0.3, -0.25) is 4.90 Å². The summed E-state index contributed by atoms with van der Waals surface area (Å²) in [6.45, 7) is 1.96. The largest absolute Gasteiger partial charge is 0.465 e. The first kappa shape index (κ1) is 16.2. The van der Waals surface area contributed by atoms with Gasteiger partial charge in [-0.25, -0.2) is 4.79 Å². The Bertz CT molecular complexity index is 531. The zero-order chi connectivity index (χ0) is 16.3. The molecule has 1 spiro atoms. The minimum absolute atomic E-state index is 0.129. The third kappa shape index (κ3) is 3.83. The lowest BCUT2D eigenvalue weighted by Crippen LogP contribution is -2.57. The minimum Gasteiger partial charge on any atom is -0.465 e. The molecule has 126 valence electrons. The van der Waals surface area contributed by atoms with E-state index < -0.39 is 11.9 Å². The maximum atomic E-state index is 11.2. The van der Waals surface area contributed by atoms with Crippen molar-refractivity contribution in [1.29, 1.82) is 0 Å². The topological polar surface area (TPSA) is 71.0 Å². The summed E-state index contributed by atoms with van der Waals surface area (Å²) in [5.74, 6) is -0.600. The quantitative estimate of drug-likeness (QED) is 0.888. The summed E-state index contributed by atoms with van der Waals surface area (Å²) >= 11 is 0. The highest BCUT2D eigenvalue weighted by Crippen LogP contribution is 2.37. The number of rotatable bonds is 4. The first-order valence-electron chi connectivity index (χ1n) is 8.09. The average molecular weight is 320 g/mol. The number of nitrogens with one attached hydrogen (secondary N) is 1. The molecule has 1 saturated heterocycles. The van der Waals surface area contributed by atoms with E-state index in [1.54, 1.807) is 0 Å². The number of nitrogens with zero attached hydrogens (tertiary/aromatic N) is 1. The molecule has 2 atom stereocenters. The number of hydrogen-bond acceptors (Lipinski definition) is 4. The van der Waals surface area contributed by atoms with Crippen LogP contribution < -0.4 is 5.32 Å². The second-order valence-electron chi connectivity index (χ2n) is 6.37. The Hall–Kier alpha value is -1.63. The van der Waals surface area contributed by atoms with Crippen LogP contribution in [0.1, 0.15) is 24.8 Å². The van der Waals surface area contributed by atoms with Gasteiger partial charge in [-0.05, 0) is 19.0 Å². The van der Waals surface area contributed by atoms with Crippen molar-refractivity contribution >= 4 is 6.09 Å². The lowest BCUT2D eigenvalue weighted by atomic mass is 9.84. The fraction of sp³-hybridized carbons (Fsp3) is 0.588. The number of likely N-dealkylation sites (N-methyl/N-ethyl adjacent to an activating group) is 1. The molecule has 1 aliphatic carbocycles. The van der Waals surface area contributed by atoms with Crippen LogP contribution in [0.3, 0.4) is 0 Å². The van der Waals surface area contributed by atoms with Crippen LogP contribution in [0, 0.1) is 0 Å². The summed E-state index contributed by atoms with van der Waals surface area (Å²) in [4.78, 5) is 13.4. The van der Waals surface area contributed by atoms with Gasteiger partial charge in [0.05, 0.1) is 19.3 Å². The number of carbonyl (C=O) groups is 1. The van der Waals surface area contributed by atoms with Crippen LogP contribution in [0.25, 0.3) is 0 Å². The Morgan fingerprint density at radius 1 is 1.35 bits per heavy atom. The van der Waals surface area contributed by atoms with Crippen LogP contribution in [0.15, 0.2) is 30.3 Å². The number of hydrogen-bond donors (Lipinski definition) is 2. The van der Waals surface area contributed by atoms with E-state index in [2.05, 4.69) is 22.3 Å². The highest BCUT2D eigenvalue weighted by Gasteiger charge is 2.46. The van der Waals surface area contributed by atoms with Gasteiger partial charge in [0.1, 0.15) is 0 Å². The summed E-state index contributed by atoms with van der Waals surface area (Å²) in [5, 5.41) is 11.8. The molecule has 1 aliphatic heterocycles. The zero-order valence-electron chi connectivity index (χ0n) is 13.4. The zero-order valence-corrected chi connectivity index (χ0v) is 13.4. The van der Waals surface area contributed by atoms with Gasteiger partial charge in [0.25, 0.3) is 0 Å². The van der Waals surface area contributed by atoms with Crippen molar-refractivity contribution < 1.29 is 19.4 Å². The van der Waals surface area contributed by atoms with E-state index >= 15 is 0 Å². The third-order valence-corrected chi connectivity index (χ3v) is 4.78. The minimum atomic E-state index is -0.997. The Morgan fingerprint density at radius 2 is 2.04 bits per heavy atom. The van der Waals surface area contributed by atoms with E-state index in [1.807, 2.05) is 25.2 Å². The molecule has 23 heavy (non-hydrogen) atoms. The fourth-order valence-corrected chi connectivity index (χ4v) is 3.72. The second kappa shape index (κ2) is 6.86. The predicted molar refractivity (Wildman–Crippen MR) is 85.1 cm³/mol. The molecule has 6 heteroatoms. The molecule has 2 aliphatic rings. The van der Waals surface area contributed by atoms with Gasteiger partial charge in [0.15, 0.2) is 5.79 Å². The number of benzene rings is 1. The molecule has 2 N–H and O–H groups in total. The van der Waals surface area contributed by atoms with Crippen molar-refractivity contribution in [2.24, 2.45) is 0 Å². The van der Waals surface area contributed by atoms with Crippen molar-refractivity contribution in [2.75, 3.05) is 20.3 Å². The molecule has 1 aromatic carbocycles. The third-order valence-electron chi connectivity index (χ3n) is 4.78. The van der Waals surface area contributed by atoms with Crippen LogP contribution in [-0.2, 0) is 16.0 Å². The van der Waals surface area contributed by atoms with Gasteiger partial charge in [0, 0.05) is 25.4 Å². The molecule has 2 fully saturated rings. The van der Waals surface area contributed by atoms with Crippen molar-refractivity contribution in [1.82, 2.24) is 10.2 Å². The van der Waals surface area contributed by atoms with Crippen LogP contribution in [-0.4, -0.2) is 54.2 Å². The summed E-state index contributed by atoms with van der Waals surface area (Å²) < 4.78 is 11.5. The Kier molecular flexibility index (Phi) is 4.84. The van der Waals surface area contributed by atoms with Gasteiger partial charge in [0.2, 0.25) is 0 Å². The molecule has 0 bridgehead atoms. The number of carboxylic acid groups (broad SMARTS) is 1. The Labute approximate surface area is 136 Å². The van der Waals surface area contributed by atoms with E-state index in [0.717, 1.165) is 19.4 Å². The lowest BCUT2D eigenvalue weighted by Gasteiger charge is -2.44. The van der Waals surface area contributed by atoms with Crippen molar-refractivity contribution in [3.05, 3.63) is 35.9 Å². The first-order chi connectivity index (χ1) is 11.1. The Balaban J connectivity index is 1.70. The van der Waals surface area contributed by atoms with Crippen molar-refractivity contribution in [3.8, 4) is 0 Å². The van der Waals surface area contributed by atoms with Gasteiger partial charge in [-0.15, -0.1) is 0 Å². The molecule has 1 amide bonds. The van der Waals surface area contributed by atoms with Crippen LogP contribution in [0.4, 0.5) is 4.79 Å². The first-order valence-corrected chi connectivity index (χ1v) is 8.09. The molecule has 3 rings (SSSR count). The fourth-order valence-electron chi connectivity index (χ4n) is 3.72. The molecule has 1 aromatic rings. The van der Waals surface area contributed by atoms with Crippen molar-refractivity contribution in [2.45, 2.75) is 43.7 Å². The van der Waals surface area contributed by atoms with E-state index in [-0.39, 0.29) is 12.1 Å². The number of amides is 1. The SMILES string of the molecule is CN(Cc1ccccc1)[C@@H]1CCC2(C[C@H]1NC(=O)O)OCCO2. The maximum Gasteiger partial charge on any atom is 0.404 e. The van der Waals surface area contributed by atoms with Crippen LogP contribution >= 0.6 is 0 Å². The lowest BCUT2D eigenvalue weighted by molar-refractivity contribution is -0.189. The molecule has 1 saturated carbocycles. The summed E-state index contributed by atoms with van der Waals surface area (Å²) in [6, 6.07) is 10.1.